The average Bonchev–Trinajstić information content (AvgIpc) is 2.33. The number of benzene rings is 1. The van der Waals surface area contributed by atoms with Gasteiger partial charge in [-0.1, -0.05) is 18.2 Å². The lowest BCUT2D eigenvalue weighted by Gasteiger charge is -2.14. The van der Waals surface area contributed by atoms with Gasteiger partial charge in [-0.05, 0) is 6.07 Å². The van der Waals surface area contributed by atoms with Gasteiger partial charge in [-0.15, -0.1) is 0 Å². The number of methoxy groups -OCH3 is 2. The molecule has 94 valence electrons. The Labute approximate surface area is 100 Å². The van der Waals surface area contributed by atoms with Crippen LogP contribution >= 0.6 is 0 Å². The summed E-state index contributed by atoms with van der Waals surface area (Å²) >= 11 is 0. The van der Waals surface area contributed by atoms with Crippen molar-refractivity contribution in [3.63, 3.8) is 0 Å². The van der Waals surface area contributed by atoms with Gasteiger partial charge < -0.3 is 19.9 Å². The minimum atomic E-state index is -0.455. The molecule has 2 N–H and O–H groups in total. The van der Waals surface area contributed by atoms with Crippen molar-refractivity contribution in [3.8, 4) is 5.75 Å². The topological polar surface area (TPSA) is 67.8 Å². The van der Waals surface area contributed by atoms with Crippen LogP contribution in [-0.4, -0.2) is 38.1 Å². The zero-order valence-corrected chi connectivity index (χ0v) is 9.97. The molecule has 0 atom stereocenters. The van der Waals surface area contributed by atoms with E-state index in [2.05, 4.69) is 5.32 Å². The first-order chi connectivity index (χ1) is 8.17. The maximum atomic E-state index is 11.6. The lowest BCUT2D eigenvalue weighted by Crippen LogP contribution is -2.35. The number of amides is 1. The highest BCUT2D eigenvalue weighted by molar-refractivity contribution is 5.79. The number of phenolic OH excluding ortho intramolecular Hbond substituents is 1. The van der Waals surface area contributed by atoms with Crippen LogP contribution in [0.5, 0.6) is 5.75 Å². The van der Waals surface area contributed by atoms with E-state index in [9.17, 15) is 9.90 Å². The highest BCUT2D eigenvalue weighted by Gasteiger charge is 2.10. The standard InChI is InChI=1S/C12H17NO4/c1-16-12(17-2)8-13-11(15)7-9-5-3-4-6-10(9)14/h3-6,12,14H,7-8H2,1-2H3,(H,13,15). The number of ether oxygens (including phenoxy) is 2. The molecule has 5 heteroatoms. The fourth-order valence-electron chi connectivity index (χ4n) is 1.36. The van der Waals surface area contributed by atoms with Gasteiger partial charge in [-0.25, -0.2) is 0 Å². The molecule has 1 aromatic rings. The second kappa shape index (κ2) is 6.88. The summed E-state index contributed by atoms with van der Waals surface area (Å²) in [6, 6.07) is 6.74. The number of nitrogens with one attached hydrogen (secondary N) is 1. The van der Waals surface area contributed by atoms with E-state index in [1.165, 1.54) is 14.2 Å². The van der Waals surface area contributed by atoms with Gasteiger partial charge in [-0.3, -0.25) is 4.79 Å². The summed E-state index contributed by atoms with van der Waals surface area (Å²) in [5, 5.41) is 12.2. The van der Waals surface area contributed by atoms with Crippen molar-refractivity contribution in [1.82, 2.24) is 5.32 Å². The fourth-order valence-corrected chi connectivity index (χ4v) is 1.36. The van der Waals surface area contributed by atoms with Crippen LogP contribution in [0.1, 0.15) is 5.56 Å². The van der Waals surface area contributed by atoms with Crippen LogP contribution in [0.4, 0.5) is 0 Å². The van der Waals surface area contributed by atoms with Gasteiger partial charge in [0.05, 0.1) is 13.0 Å². The highest BCUT2D eigenvalue weighted by atomic mass is 16.7. The van der Waals surface area contributed by atoms with Crippen LogP contribution in [0.3, 0.4) is 0 Å². The fraction of sp³-hybridized carbons (Fsp3) is 0.417. The Balaban J connectivity index is 2.42. The number of hydrogen-bond donors (Lipinski definition) is 2. The van der Waals surface area contributed by atoms with Gasteiger partial charge in [0.25, 0.3) is 0 Å². The van der Waals surface area contributed by atoms with Crippen LogP contribution in [-0.2, 0) is 20.7 Å². The second-order valence-corrected chi connectivity index (χ2v) is 3.51. The largest absolute Gasteiger partial charge is 0.508 e. The van der Waals surface area contributed by atoms with Crippen LogP contribution in [0.15, 0.2) is 24.3 Å². The molecule has 0 aliphatic rings. The number of carbonyl (C=O) groups is 1. The molecule has 0 spiro atoms. The molecule has 0 bridgehead atoms. The SMILES string of the molecule is COC(CNC(=O)Cc1ccccc1O)OC. The van der Waals surface area contributed by atoms with Crippen LogP contribution in [0.2, 0.25) is 0 Å². The Morgan fingerprint density at radius 2 is 2.00 bits per heavy atom. The molecule has 1 amide bonds. The van der Waals surface area contributed by atoms with Crippen molar-refractivity contribution < 1.29 is 19.4 Å². The molecule has 17 heavy (non-hydrogen) atoms. The van der Waals surface area contributed by atoms with Gasteiger partial charge in [0.15, 0.2) is 6.29 Å². The Kier molecular flexibility index (Phi) is 5.45. The third-order valence-electron chi connectivity index (χ3n) is 2.33. The molecule has 5 nitrogen and oxygen atoms in total. The predicted molar refractivity (Wildman–Crippen MR) is 62.6 cm³/mol. The van der Waals surface area contributed by atoms with Gasteiger partial charge >= 0.3 is 0 Å². The number of carbonyl (C=O) groups excluding carboxylic acids is 1. The predicted octanol–water partition coefficient (Wildman–Crippen LogP) is 0.670. The molecule has 0 saturated heterocycles. The number of hydrogen-bond acceptors (Lipinski definition) is 4. The molecule has 0 fully saturated rings. The van der Waals surface area contributed by atoms with Crippen LogP contribution in [0.25, 0.3) is 0 Å². The van der Waals surface area contributed by atoms with Gasteiger partial charge in [-0.2, -0.15) is 0 Å². The lowest BCUT2D eigenvalue weighted by atomic mass is 10.1. The van der Waals surface area contributed by atoms with Crippen LogP contribution in [0, 0.1) is 0 Å². The summed E-state index contributed by atoms with van der Waals surface area (Å²) in [7, 11) is 3.01. The summed E-state index contributed by atoms with van der Waals surface area (Å²) < 4.78 is 9.87. The van der Waals surface area contributed by atoms with E-state index in [1.54, 1.807) is 24.3 Å². The lowest BCUT2D eigenvalue weighted by molar-refractivity contribution is -0.126. The molecule has 1 rings (SSSR count). The maximum Gasteiger partial charge on any atom is 0.224 e. The maximum absolute atomic E-state index is 11.6. The zero-order chi connectivity index (χ0) is 12.7. The van der Waals surface area contributed by atoms with Crippen molar-refractivity contribution >= 4 is 5.91 Å². The Morgan fingerprint density at radius 1 is 1.35 bits per heavy atom. The summed E-state index contributed by atoms with van der Waals surface area (Å²) in [4.78, 5) is 11.6. The molecule has 0 aliphatic heterocycles. The van der Waals surface area contributed by atoms with Crippen molar-refractivity contribution in [1.29, 1.82) is 0 Å². The third kappa shape index (κ3) is 4.42. The van der Waals surface area contributed by atoms with E-state index in [-0.39, 0.29) is 24.6 Å². The number of rotatable bonds is 6. The summed E-state index contributed by atoms with van der Waals surface area (Å²) in [5.74, 6) is -0.0664. The Hall–Kier alpha value is -1.59. The van der Waals surface area contributed by atoms with Crippen molar-refractivity contribution in [2.24, 2.45) is 0 Å². The van der Waals surface area contributed by atoms with Crippen molar-refractivity contribution in [3.05, 3.63) is 29.8 Å². The molecule has 0 radical (unpaired) electrons. The number of phenols is 1. The van der Waals surface area contributed by atoms with E-state index in [4.69, 9.17) is 9.47 Å². The molecule has 0 aliphatic carbocycles. The molecular weight excluding hydrogens is 222 g/mol. The molecule has 0 saturated carbocycles. The minimum Gasteiger partial charge on any atom is -0.508 e. The highest BCUT2D eigenvalue weighted by Crippen LogP contribution is 2.15. The molecular formula is C12H17NO4. The number of para-hydroxylation sites is 1. The average molecular weight is 239 g/mol. The van der Waals surface area contributed by atoms with Crippen LogP contribution < -0.4 is 5.32 Å². The van der Waals surface area contributed by atoms with E-state index in [0.29, 0.717) is 5.56 Å². The van der Waals surface area contributed by atoms with Crippen molar-refractivity contribution in [2.75, 3.05) is 20.8 Å². The van der Waals surface area contributed by atoms with E-state index < -0.39 is 6.29 Å². The molecule has 0 aromatic heterocycles. The molecule has 0 heterocycles. The van der Waals surface area contributed by atoms with Gasteiger partial charge in [0.1, 0.15) is 5.75 Å². The van der Waals surface area contributed by atoms with E-state index >= 15 is 0 Å². The quantitative estimate of drug-likeness (QED) is 0.716. The smallest absolute Gasteiger partial charge is 0.224 e. The first kappa shape index (κ1) is 13.5. The minimum absolute atomic E-state index is 0.123. The molecule has 1 aromatic carbocycles. The number of aromatic hydroxyl groups is 1. The normalized spacial score (nSPS) is 10.5. The first-order valence-corrected chi connectivity index (χ1v) is 5.26. The summed E-state index contributed by atoms with van der Waals surface area (Å²) in [6.07, 6.45) is -0.323. The Bertz CT molecular complexity index is 363. The second-order valence-electron chi connectivity index (χ2n) is 3.51. The van der Waals surface area contributed by atoms with E-state index in [1.807, 2.05) is 0 Å². The van der Waals surface area contributed by atoms with E-state index in [0.717, 1.165) is 0 Å². The van der Waals surface area contributed by atoms with Gasteiger partial charge in [0, 0.05) is 19.8 Å². The summed E-state index contributed by atoms with van der Waals surface area (Å²) in [6.45, 7) is 0.277. The monoisotopic (exact) mass is 239 g/mol. The first-order valence-electron chi connectivity index (χ1n) is 5.26. The third-order valence-corrected chi connectivity index (χ3v) is 2.33. The molecule has 0 unspecified atom stereocenters. The van der Waals surface area contributed by atoms with Gasteiger partial charge in [0.2, 0.25) is 5.91 Å². The summed E-state index contributed by atoms with van der Waals surface area (Å²) in [5.41, 5.74) is 0.594. The Morgan fingerprint density at radius 3 is 2.59 bits per heavy atom. The zero-order valence-electron chi connectivity index (χ0n) is 9.97. The van der Waals surface area contributed by atoms with Crippen molar-refractivity contribution in [2.45, 2.75) is 12.7 Å².